The zero-order valence-electron chi connectivity index (χ0n) is 17.9. The highest BCUT2D eigenvalue weighted by Gasteiger charge is 2.55. The van der Waals surface area contributed by atoms with E-state index in [1.54, 1.807) is 0 Å². The molecule has 0 aliphatic heterocycles. The number of ether oxygens (including phenoxy) is 1. The molecule has 0 heterocycles. The third-order valence-electron chi connectivity index (χ3n) is 7.19. The zero-order valence-corrected chi connectivity index (χ0v) is 17.9. The lowest BCUT2D eigenvalue weighted by atomic mass is 9.49. The number of carbonyl (C=O) groups excluding carboxylic acids is 2. The summed E-state index contributed by atoms with van der Waals surface area (Å²) in [6, 6.07) is 6.83. The summed E-state index contributed by atoms with van der Waals surface area (Å²) in [7, 11) is 0. The molecule has 4 bridgehead atoms. The Kier molecular flexibility index (Phi) is 5.58. The Morgan fingerprint density at radius 3 is 2.07 bits per heavy atom. The third-order valence-corrected chi connectivity index (χ3v) is 7.19. The molecule has 4 fully saturated rings. The van der Waals surface area contributed by atoms with E-state index in [1.807, 2.05) is 45.0 Å². The second-order valence-corrected chi connectivity index (χ2v) is 9.84. The second-order valence-electron chi connectivity index (χ2n) is 9.84. The first kappa shape index (κ1) is 20.2. The van der Waals surface area contributed by atoms with Gasteiger partial charge in [0.1, 0.15) is 11.8 Å². The van der Waals surface area contributed by atoms with Gasteiger partial charge in [0, 0.05) is 11.1 Å². The van der Waals surface area contributed by atoms with E-state index in [0.29, 0.717) is 30.0 Å². The van der Waals surface area contributed by atoms with Crippen LogP contribution in [0.2, 0.25) is 0 Å². The van der Waals surface area contributed by atoms with E-state index < -0.39 is 6.04 Å². The van der Waals surface area contributed by atoms with Gasteiger partial charge in [-0.15, -0.1) is 0 Å². The van der Waals surface area contributed by atoms with Crippen LogP contribution in [-0.4, -0.2) is 24.5 Å². The molecule has 5 heteroatoms. The van der Waals surface area contributed by atoms with Crippen molar-refractivity contribution in [1.29, 1.82) is 0 Å². The number of nitrogens with one attached hydrogen (secondary N) is 2. The van der Waals surface area contributed by atoms with Crippen LogP contribution in [0.5, 0.6) is 5.75 Å². The summed E-state index contributed by atoms with van der Waals surface area (Å²) >= 11 is 0. The smallest absolute Gasteiger partial charge is 0.247 e. The number of hydrogen-bond donors (Lipinski definition) is 2. The molecular weight excluding hydrogens is 364 g/mol. The van der Waals surface area contributed by atoms with Gasteiger partial charge in [-0.05, 0) is 93.4 Å². The molecule has 4 aliphatic rings. The van der Waals surface area contributed by atoms with Crippen molar-refractivity contribution in [2.45, 2.75) is 65.3 Å². The first-order valence-electron chi connectivity index (χ1n) is 11.2. The van der Waals surface area contributed by atoms with Gasteiger partial charge in [0.25, 0.3) is 0 Å². The number of rotatable bonds is 7. The quantitative estimate of drug-likeness (QED) is 0.716. The normalized spacial score (nSPS) is 30.8. The Hall–Kier alpha value is -2.04. The molecule has 1 atom stereocenters. The maximum Gasteiger partial charge on any atom is 0.247 e. The molecule has 0 aromatic heterocycles. The van der Waals surface area contributed by atoms with Crippen LogP contribution >= 0.6 is 0 Å². The summed E-state index contributed by atoms with van der Waals surface area (Å²) in [5.74, 6) is 2.89. The molecule has 5 rings (SSSR count). The molecule has 4 aliphatic carbocycles. The third kappa shape index (κ3) is 4.15. The highest BCUT2D eigenvalue weighted by Crippen LogP contribution is 2.60. The van der Waals surface area contributed by atoms with Crippen molar-refractivity contribution >= 4 is 17.5 Å². The molecular formula is C24H34N2O3. The van der Waals surface area contributed by atoms with E-state index in [9.17, 15) is 9.59 Å². The molecule has 0 radical (unpaired) electrons. The molecule has 0 spiro atoms. The molecule has 2 amide bonds. The molecule has 0 saturated heterocycles. The lowest BCUT2D eigenvalue weighted by Gasteiger charge is -2.55. The van der Waals surface area contributed by atoms with E-state index in [0.717, 1.165) is 25.0 Å². The Bertz CT molecular complexity index is 721. The molecule has 2 N–H and O–H groups in total. The van der Waals surface area contributed by atoms with Gasteiger partial charge in [-0.1, -0.05) is 13.8 Å². The Balaban J connectivity index is 1.42. The topological polar surface area (TPSA) is 67.4 Å². The maximum absolute atomic E-state index is 13.4. The standard InChI is InChI=1S/C24H34N2O3/c1-4-29-20-7-5-19(6-8-20)25-22(27)21(15(2)3)26-23(28)24-12-16-9-17(13-24)11-18(10-16)14-24/h5-8,15-18,21H,4,9-14H2,1-3H3,(H,25,27)(H,26,28)/t16?,17?,18?,21-,24?/m0/s1. The van der Waals surface area contributed by atoms with Crippen LogP contribution < -0.4 is 15.4 Å². The molecule has 158 valence electrons. The zero-order chi connectivity index (χ0) is 20.6. The molecule has 5 nitrogen and oxygen atoms in total. The molecule has 1 aromatic rings. The lowest BCUT2D eigenvalue weighted by molar-refractivity contribution is -0.148. The summed E-state index contributed by atoms with van der Waals surface area (Å²) in [5, 5.41) is 6.11. The van der Waals surface area contributed by atoms with Crippen LogP contribution in [0.1, 0.15) is 59.3 Å². The predicted molar refractivity (Wildman–Crippen MR) is 114 cm³/mol. The SMILES string of the molecule is CCOc1ccc(NC(=O)[C@@H](NC(=O)C23CC4CC(CC(C4)C2)C3)C(C)C)cc1. The summed E-state index contributed by atoms with van der Waals surface area (Å²) in [4.78, 5) is 26.3. The molecule has 0 unspecified atom stereocenters. The summed E-state index contributed by atoms with van der Waals surface area (Å²) in [5.41, 5.74) is 0.481. The fourth-order valence-electron chi connectivity index (χ4n) is 6.24. The van der Waals surface area contributed by atoms with Gasteiger partial charge in [0.05, 0.1) is 6.61 Å². The van der Waals surface area contributed by atoms with Gasteiger partial charge < -0.3 is 15.4 Å². The van der Waals surface area contributed by atoms with Crippen molar-refractivity contribution in [1.82, 2.24) is 5.32 Å². The van der Waals surface area contributed by atoms with Crippen molar-refractivity contribution in [3.05, 3.63) is 24.3 Å². The first-order valence-corrected chi connectivity index (χ1v) is 11.2. The minimum absolute atomic E-state index is 0.0237. The number of carbonyl (C=O) groups is 2. The van der Waals surface area contributed by atoms with E-state index in [2.05, 4.69) is 10.6 Å². The summed E-state index contributed by atoms with van der Waals surface area (Å²) in [6.45, 7) is 6.53. The van der Waals surface area contributed by atoms with Crippen LogP contribution in [0.4, 0.5) is 5.69 Å². The van der Waals surface area contributed by atoms with E-state index in [4.69, 9.17) is 4.74 Å². The maximum atomic E-state index is 13.4. The largest absolute Gasteiger partial charge is 0.494 e. The van der Waals surface area contributed by atoms with Gasteiger partial charge >= 0.3 is 0 Å². The highest BCUT2D eigenvalue weighted by atomic mass is 16.5. The predicted octanol–water partition coefficient (Wildman–Crippen LogP) is 4.38. The Labute approximate surface area is 174 Å². The van der Waals surface area contributed by atoms with Gasteiger partial charge in [-0.2, -0.15) is 0 Å². The molecule has 4 saturated carbocycles. The van der Waals surface area contributed by atoms with Crippen LogP contribution in [-0.2, 0) is 9.59 Å². The minimum Gasteiger partial charge on any atom is -0.494 e. The second kappa shape index (κ2) is 8.00. The molecule has 29 heavy (non-hydrogen) atoms. The monoisotopic (exact) mass is 398 g/mol. The van der Waals surface area contributed by atoms with Crippen molar-refractivity contribution in [2.75, 3.05) is 11.9 Å². The molecule has 1 aromatic carbocycles. The highest BCUT2D eigenvalue weighted by molar-refractivity contribution is 5.98. The first-order chi connectivity index (χ1) is 13.9. The van der Waals surface area contributed by atoms with Crippen molar-refractivity contribution in [3.63, 3.8) is 0 Å². The average molecular weight is 399 g/mol. The number of benzene rings is 1. The average Bonchev–Trinajstić information content (AvgIpc) is 2.66. The van der Waals surface area contributed by atoms with Crippen LogP contribution in [0.15, 0.2) is 24.3 Å². The van der Waals surface area contributed by atoms with Gasteiger partial charge in [0.2, 0.25) is 11.8 Å². The van der Waals surface area contributed by atoms with Gasteiger partial charge in [0.15, 0.2) is 0 Å². The van der Waals surface area contributed by atoms with Gasteiger partial charge in [-0.3, -0.25) is 9.59 Å². The van der Waals surface area contributed by atoms with Crippen molar-refractivity contribution < 1.29 is 14.3 Å². The van der Waals surface area contributed by atoms with Gasteiger partial charge in [-0.25, -0.2) is 0 Å². The van der Waals surface area contributed by atoms with Crippen molar-refractivity contribution in [2.24, 2.45) is 29.1 Å². The lowest BCUT2D eigenvalue weighted by Crippen LogP contribution is -2.57. The van der Waals surface area contributed by atoms with Crippen LogP contribution in [0, 0.1) is 29.1 Å². The number of anilines is 1. The van der Waals surface area contributed by atoms with E-state index in [1.165, 1.54) is 19.3 Å². The Morgan fingerprint density at radius 2 is 1.59 bits per heavy atom. The minimum atomic E-state index is -0.526. The van der Waals surface area contributed by atoms with Crippen molar-refractivity contribution in [3.8, 4) is 5.75 Å². The van der Waals surface area contributed by atoms with E-state index in [-0.39, 0.29) is 23.1 Å². The van der Waals surface area contributed by atoms with E-state index >= 15 is 0 Å². The summed E-state index contributed by atoms with van der Waals surface area (Å²) in [6.07, 6.45) is 6.94. The fourth-order valence-corrected chi connectivity index (χ4v) is 6.24. The number of amides is 2. The number of hydrogen-bond acceptors (Lipinski definition) is 3. The Morgan fingerprint density at radius 1 is 1.03 bits per heavy atom. The summed E-state index contributed by atoms with van der Waals surface area (Å²) < 4.78 is 5.45. The van der Waals surface area contributed by atoms with Crippen LogP contribution in [0.3, 0.4) is 0 Å². The van der Waals surface area contributed by atoms with Crippen LogP contribution in [0.25, 0.3) is 0 Å². The fraction of sp³-hybridized carbons (Fsp3) is 0.667.